The summed E-state index contributed by atoms with van der Waals surface area (Å²) in [5, 5.41) is 3.46. The molecule has 1 aromatic rings. The molecule has 1 aromatic heterocycles. The molecule has 0 atom stereocenters. The second-order valence-electron chi connectivity index (χ2n) is 5.71. The smallest absolute Gasteiger partial charge is 0.0443 e. The summed E-state index contributed by atoms with van der Waals surface area (Å²) >= 11 is 0. The third-order valence-corrected chi connectivity index (χ3v) is 3.09. The lowest BCUT2D eigenvalue weighted by Gasteiger charge is -2.25. The molecule has 19 heavy (non-hydrogen) atoms. The van der Waals surface area contributed by atoms with E-state index in [9.17, 15) is 0 Å². The molecule has 0 spiro atoms. The molecule has 0 saturated heterocycles. The molecule has 0 aliphatic heterocycles. The number of anilines is 1. The van der Waals surface area contributed by atoms with Crippen molar-refractivity contribution < 1.29 is 0 Å². The van der Waals surface area contributed by atoms with Gasteiger partial charge in [-0.2, -0.15) is 0 Å². The standard InChI is InChI=1S/C15H28N4/c1-12(2)16-10-14-11-17-13(3)9-15(14)19(6)8-7-18(4)5/h9,11-12,16H,7-8,10H2,1-6H3. The minimum Gasteiger partial charge on any atom is -0.373 e. The van der Waals surface area contributed by atoms with Gasteiger partial charge in [-0.15, -0.1) is 0 Å². The summed E-state index contributed by atoms with van der Waals surface area (Å²) in [5.41, 5.74) is 3.61. The predicted octanol–water partition coefficient (Wildman–Crippen LogP) is 1.89. The molecule has 0 fully saturated rings. The summed E-state index contributed by atoms with van der Waals surface area (Å²) in [6.07, 6.45) is 1.99. The Morgan fingerprint density at radius 3 is 2.47 bits per heavy atom. The Hall–Kier alpha value is -1.13. The average molecular weight is 264 g/mol. The van der Waals surface area contributed by atoms with Crippen LogP contribution < -0.4 is 10.2 Å². The Balaban J connectivity index is 2.80. The normalized spacial score (nSPS) is 11.4. The van der Waals surface area contributed by atoms with Gasteiger partial charge in [-0.25, -0.2) is 0 Å². The van der Waals surface area contributed by atoms with E-state index < -0.39 is 0 Å². The van der Waals surface area contributed by atoms with Crippen LogP contribution in [0.1, 0.15) is 25.1 Å². The molecule has 1 N–H and O–H groups in total. The Morgan fingerprint density at radius 2 is 1.89 bits per heavy atom. The van der Waals surface area contributed by atoms with Crippen LogP contribution in [0.15, 0.2) is 12.3 Å². The highest BCUT2D eigenvalue weighted by molar-refractivity contribution is 5.53. The van der Waals surface area contributed by atoms with E-state index >= 15 is 0 Å². The van der Waals surface area contributed by atoms with Crippen LogP contribution in [0, 0.1) is 6.92 Å². The molecule has 0 aromatic carbocycles. The zero-order valence-corrected chi connectivity index (χ0v) is 13.2. The number of aromatic nitrogens is 1. The molecule has 0 amide bonds. The summed E-state index contributed by atoms with van der Waals surface area (Å²) in [4.78, 5) is 8.93. The van der Waals surface area contributed by atoms with Crippen LogP contribution in [0.2, 0.25) is 0 Å². The first-order valence-corrected chi connectivity index (χ1v) is 6.95. The van der Waals surface area contributed by atoms with Gasteiger partial charge in [0.15, 0.2) is 0 Å². The summed E-state index contributed by atoms with van der Waals surface area (Å²) < 4.78 is 0. The monoisotopic (exact) mass is 264 g/mol. The summed E-state index contributed by atoms with van der Waals surface area (Å²) in [7, 11) is 6.36. The molecule has 108 valence electrons. The van der Waals surface area contributed by atoms with Crippen molar-refractivity contribution in [2.75, 3.05) is 39.1 Å². The highest BCUT2D eigenvalue weighted by Gasteiger charge is 2.09. The third kappa shape index (κ3) is 5.57. The van der Waals surface area contributed by atoms with Gasteiger partial charge < -0.3 is 15.1 Å². The number of hydrogen-bond donors (Lipinski definition) is 1. The molecule has 0 saturated carbocycles. The van der Waals surface area contributed by atoms with E-state index in [0.29, 0.717) is 6.04 Å². The van der Waals surface area contributed by atoms with Crippen LogP contribution >= 0.6 is 0 Å². The molecule has 0 aliphatic rings. The fourth-order valence-electron chi connectivity index (χ4n) is 1.85. The lowest BCUT2D eigenvalue weighted by atomic mass is 10.2. The van der Waals surface area contributed by atoms with E-state index in [-0.39, 0.29) is 0 Å². The Kier molecular flexibility index (Phi) is 6.25. The average Bonchev–Trinajstić information content (AvgIpc) is 2.34. The number of likely N-dealkylation sites (N-methyl/N-ethyl adjacent to an activating group) is 2. The van der Waals surface area contributed by atoms with Gasteiger partial charge in [0, 0.05) is 55.9 Å². The molecule has 1 rings (SSSR count). The fraction of sp³-hybridized carbons (Fsp3) is 0.667. The first-order chi connectivity index (χ1) is 8.90. The van der Waals surface area contributed by atoms with E-state index in [2.05, 4.69) is 61.2 Å². The van der Waals surface area contributed by atoms with Gasteiger partial charge in [-0.05, 0) is 27.1 Å². The van der Waals surface area contributed by atoms with Crippen LogP contribution in [0.4, 0.5) is 5.69 Å². The Labute approximate surface area is 117 Å². The Bertz CT molecular complexity index is 388. The van der Waals surface area contributed by atoms with Crippen molar-refractivity contribution in [1.29, 1.82) is 0 Å². The largest absolute Gasteiger partial charge is 0.373 e. The van der Waals surface area contributed by atoms with Crippen molar-refractivity contribution in [1.82, 2.24) is 15.2 Å². The Morgan fingerprint density at radius 1 is 1.21 bits per heavy atom. The number of nitrogens with one attached hydrogen (secondary N) is 1. The lowest BCUT2D eigenvalue weighted by Crippen LogP contribution is -2.30. The number of hydrogen-bond acceptors (Lipinski definition) is 4. The number of aryl methyl sites for hydroxylation is 1. The van der Waals surface area contributed by atoms with Gasteiger partial charge in [-0.1, -0.05) is 13.8 Å². The van der Waals surface area contributed by atoms with Crippen LogP contribution in [0.25, 0.3) is 0 Å². The summed E-state index contributed by atoms with van der Waals surface area (Å²) in [6, 6.07) is 2.66. The van der Waals surface area contributed by atoms with Crippen LogP contribution in [-0.4, -0.2) is 50.2 Å². The van der Waals surface area contributed by atoms with Crippen LogP contribution in [0.5, 0.6) is 0 Å². The maximum Gasteiger partial charge on any atom is 0.0443 e. The minimum absolute atomic E-state index is 0.487. The fourth-order valence-corrected chi connectivity index (χ4v) is 1.85. The van der Waals surface area contributed by atoms with Gasteiger partial charge in [0.25, 0.3) is 0 Å². The van der Waals surface area contributed by atoms with E-state index in [1.54, 1.807) is 0 Å². The lowest BCUT2D eigenvalue weighted by molar-refractivity contribution is 0.416. The molecule has 4 nitrogen and oxygen atoms in total. The van der Waals surface area contributed by atoms with Gasteiger partial charge in [0.05, 0.1) is 0 Å². The van der Waals surface area contributed by atoms with Gasteiger partial charge >= 0.3 is 0 Å². The molecular weight excluding hydrogens is 236 g/mol. The van der Waals surface area contributed by atoms with E-state index in [4.69, 9.17) is 0 Å². The van der Waals surface area contributed by atoms with Crippen molar-refractivity contribution in [3.8, 4) is 0 Å². The highest BCUT2D eigenvalue weighted by atomic mass is 15.2. The molecule has 0 bridgehead atoms. The molecule has 0 aliphatic carbocycles. The van der Waals surface area contributed by atoms with Crippen LogP contribution in [-0.2, 0) is 6.54 Å². The molecular formula is C15H28N4. The second-order valence-corrected chi connectivity index (χ2v) is 5.71. The quantitative estimate of drug-likeness (QED) is 0.815. The zero-order valence-electron chi connectivity index (χ0n) is 13.2. The van der Waals surface area contributed by atoms with Gasteiger partial charge in [-0.3, -0.25) is 4.98 Å². The van der Waals surface area contributed by atoms with E-state index in [0.717, 1.165) is 25.3 Å². The first kappa shape index (κ1) is 15.9. The van der Waals surface area contributed by atoms with Gasteiger partial charge in [0.2, 0.25) is 0 Å². The number of pyridine rings is 1. The number of rotatable bonds is 7. The van der Waals surface area contributed by atoms with Crippen molar-refractivity contribution in [3.63, 3.8) is 0 Å². The maximum absolute atomic E-state index is 4.42. The number of nitrogens with zero attached hydrogens (tertiary/aromatic N) is 3. The molecule has 0 radical (unpaired) electrons. The predicted molar refractivity (Wildman–Crippen MR) is 82.8 cm³/mol. The topological polar surface area (TPSA) is 31.4 Å². The molecule has 0 unspecified atom stereocenters. The highest BCUT2D eigenvalue weighted by Crippen LogP contribution is 2.19. The minimum atomic E-state index is 0.487. The summed E-state index contributed by atoms with van der Waals surface area (Å²) in [5.74, 6) is 0. The van der Waals surface area contributed by atoms with Crippen LogP contribution in [0.3, 0.4) is 0 Å². The molecule has 4 heteroatoms. The van der Waals surface area contributed by atoms with Gasteiger partial charge in [0.1, 0.15) is 0 Å². The molecule has 1 heterocycles. The van der Waals surface area contributed by atoms with Crippen molar-refractivity contribution >= 4 is 5.69 Å². The first-order valence-electron chi connectivity index (χ1n) is 6.95. The van der Waals surface area contributed by atoms with Crippen molar-refractivity contribution in [2.45, 2.75) is 33.4 Å². The van der Waals surface area contributed by atoms with E-state index in [1.807, 2.05) is 13.1 Å². The summed E-state index contributed by atoms with van der Waals surface area (Å²) in [6.45, 7) is 9.31. The van der Waals surface area contributed by atoms with Crippen molar-refractivity contribution in [3.05, 3.63) is 23.5 Å². The SMILES string of the molecule is Cc1cc(N(C)CCN(C)C)c(CNC(C)C)cn1. The maximum atomic E-state index is 4.42. The van der Waals surface area contributed by atoms with E-state index in [1.165, 1.54) is 11.3 Å². The zero-order chi connectivity index (χ0) is 14.4. The third-order valence-electron chi connectivity index (χ3n) is 3.09. The second kappa shape index (κ2) is 7.46. The van der Waals surface area contributed by atoms with Crippen molar-refractivity contribution in [2.24, 2.45) is 0 Å².